The quantitative estimate of drug-likeness (QED) is 0.203. The molecule has 0 saturated heterocycles. The Kier molecular flexibility index (Phi) is 14.3. The smallest absolute Gasteiger partial charge is 0.191 e. The van der Waals surface area contributed by atoms with Crippen molar-refractivity contribution in [1.29, 1.82) is 0 Å². The Bertz CT molecular complexity index is 498. The van der Waals surface area contributed by atoms with Crippen molar-refractivity contribution in [2.75, 3.05) is 33.4 Å². The molecule has 0 aliphatic heterocycles. The fourth-order valence-electron chi connectivity index (χ4n) is 2.18. The maximum absolute atomic E-state index is 8.85. The molecule has 0 bridgehead atoms. The van der Waals surface area contributed by atoms with Gasteiger partial charge in [0.2, 0.25) is 0 Å². The minimum atomic E-state index is -0.0229. The minimum absolute atomic E-state index is 0. The van der Waals surface area contributed by atoms with Gasteiger partial charge in [-0.15, -0.1) is 24.0 Å². The van der Waals surface area contributed by atoms with E-state index in [1.807, 2.05) is 18.2 Å². The maximum Gasteiger partial charge on any atom is 0.191 e. The van der Waals surface area contributed by atoms with Gasteiger partial charge < -0.3 is 25.2 Å². The second-order valence-electron chi connectivity index (χ2n) is 5.39. The molecule has 1 aromatic carbocycles. The summed E-state index contributed by atoms with van der Waals surface area (Å²) >= 11 is 0. The number of aliphatic imine (C=N–C) groups is 1. The van der Waals surface area contributed by atoms with Gasteiger partial charge in [0.25, 0.3) is 0 Å². The summed E-state index contributed by atoms with van der Waals surface area (Å²) < 4.78 is 10.8. The van der Waals surface area contributed by atoms with Crippen LogP contribution in [0.15, 0.2) is 23.2 Å². The van der Waals surface area contributed by atoms with E-state index in [0.29, 0.717) is 18.0 Å². The number of ether oxygens (including phenoxy) is 2. The standard InChI is InChI=1S/C18H31N3O3.HI/c1-4-6-7-10-20-18(19-5-2)21-14-15-8-9-16(24-12-11-22)17(13-15)23-3;/h8-9,13,22H,4-7,10-12,14H2,1-3H3,(H2,19,20,21);1H. The number of hydrogen-bond acceptors (Lipinski definition) is 4. The predicted octanol–water partition coefficient (Wildman–Crippen LogP) is 2.93. The molecule has 1 rings (SSSR count). The number of rotatable bonds is 11. The number of aliphatic hydroxyl groups is 1. The molecule has 0 spiro atoms. The van der Waals surface area contributed by atoms with Crippen LogP contribution in [0.4, 0.5) is 0 Å². The number of methoxy groups -OCH3 is 1. The van der Waals surface area contributed by atoms with Gasteiger partial charge in [0.1, 0.15) is 6.61 Å². The van der Waals surface area contributed by atoms with E-state index in [4.69, 9.17) is 14.6 Å². The van der Waals surface area contributed by atoms with Gasteiger partial charge in [-0.1, -0.05) is 25.8 Å². The molecule has 25 heavy (non-hydrogen) atoms. The lowest BCUT2D eigenvalue weighted by Crippen LogP contribution is -2.37. The topological polar surface area (TPSA) is 75.1 Å². The second-order valence-corrected chi connectivity index (χ2v) is 5.39. The number of nitrogens with one attached hydrogen (secondary N) is 2. The van der Waals surface area contributed by atoms with Crippen molar-refractivity contribution in [2.24, 2.45) is 4.99 Å². The van der Waals surface area contributed by atoms with Crippen molar-refractivity contribution in [3.05, 3.63) is 23.8 Å². The number of guanidine groups is 1. The molecule has 0 amide bonds. The van der Waals surface area contributed by atoms with Crippen LogP contribution in [0.3, 0.4) is 0 Å². The lowest BCUT2D eigenvalue weighted by Gasteiger charge is -2.12. The van der Waals surface area contributed by atoms with Crippen LogP contribution in [-0.4, -0.2) is 44.5 Å². The van der Waals surface area contributed by atoms with Gasteiger partial charge in [0.15, 0.2) is 17.5 Å². The Morgan fingerprint density at radius 2 is 1.96 bits per heavy atom. The number of hydrogen-bond donors (Lipinski definition) is 3. The highest BCUT2D eigenvalue weighted by Crippen LogP contribution is 2.28. The molecular weight excluding hydrogens is 433 g/mol. The third-order valence-electron chi connectivity index (χ3n) is 3.41. The summed E-state index contributed by atoms with van der Waals surface area (Å²) in [5, 5.41) is 15.5. The largest absolute Gasteiger partial charge is 0.493 e. The summed E-state index contributed by atoms with van der Waals surface area (Å²) in [7, 11) is 1.60. The number of unbranched alkanes of at least 4 members (excludes halogenated alkanes) is 2. The lowest BCUT2D eigenvalue weighted by molar-refractivity contribution is 0.196. The van der Waals surface area contributed by atoms with Gasteiger partial charge in [-0.05, 0) is 31.0 Å². The number of aliphatic hydroxyl groups excluding tert-OH is 1. The average Bonchev–Trinajstić information content (AvgIpc) is 2.61. The number of benzene rings is 1. The van der Waals surface area contributed by atoms with Crippen LogP contribution in [0.2, 0.25) is 0 Å². The summed E-state index contributed by atoms with van der Waals surface area (Å²) in [5.41, 5.74) is 1.04. The molecule has 7 heteroatoms. The fourth-order valence-corrected chi connectivity index (χ4v) is 2.18. The first-order chi connectivity index (χ1) is 11.7. The molecule has 0 radical (unpaired) electrons. The highest BCUT2D eigenvalue weighted by molar-refractivity contribution is 14.0. The zero-order valence-corrected chi connectivity index (χ0v) is 17.8. The third-order valence-corrected chi connectivity index (χ3v) is 3.41. The Morgan fingerprint density at radius 3 is 2.60 bits per heavy atom. The van der Waals surface area contributed by atoms with E-state index in [1.165, 1.54) is 12.8 Å². The van der Waals surface area contributed by atoms with Crippen molar-refractivity contribution in [3.8, 4) is 11.5 Å². The molecule has 0 atom stereocenters. The first-order valence-electron chi connectivity index (χ1n) is 8.67. The molecule has 0 heterocycles. The summed E-state index contributed by atoms with van der Waals surface area (Å²) in [5.74, 6) is 2.11. The van der Waals surface area contributed by atoms with Crippen LogP contribution in [0.1, 0.15) is 38.7 Å². The minimum Gasteiger partial charge on any atom is -0.493 e. The Morgan fingerprint density at radius 1 is 1.16 bits per heavy atom. The fraction of sp³-hybridized carbons (Fsp3) is 0.611. The number of halogens is 1. The van der Waals surface area contributed by atoms with Crippen molar-refractivity contribution >= 4 is 29.9 Å². The van der Waals surface area contributed by atoms with Gasteiger partial charge in [-0.25, -0.2) is 4.99 Å². The average molecular weight is 465 g/mol. The van der Waals surface area contributed by atoms with E-state index in [0.717, 1.165) is 31.0 Å². The first-order valence-corrected chi connectivity index (χ1v) is 8.67. The van der Waals surface area contributed by atoms with E-state index in [9.17, 15) is 0 Å². The molecule has 144 valence electrons. The predicted molar refractivity (Wildman–Crippen MR) is 113 cm³/mol. The first kappa shape index (κ1) is 23.8. The second kappa shape index (κ2) is 15.1. The molecule has 0 aliphatic rings. The molecule has 6 nitrogen and oxygen atoms in total. The molecular formula is C18H32IN3O3. The van der Waals surface area contributed by atoms with Gasteiger partial charge in [0.05, 0.1) is 20.3 Å². The van der Waals surface area contributed by atoms with Crippen LogP contribution < -0.4 is 20.1 Å². The Hall–Kier alpha value is -1.22. The van der Waals surface area contributed by atoms with Crippen LogP contribution in [0.25, 0.3) is 0 Å². The summed E-state index contributed by atoms with van der Waals surface area (Å²) in [6, 6.07) is 5.72. The van der Waals surface area contributed by atoms with E-state index in [1.54, 1.807) is 7.11 Å². The van der Waals surface area contributed by atoms with Crippen molar-refractivity contribution in [3.63, 3.8) is 0 Å². The third kappa shape index (κ3) is 9.74. The molecule has 0 aliphatic carbocycles. The van der Waals surface area contributed by atoms with Crippen LogP contribution in [0.5, 0.6) is 11.5 Å². The van der Waals surface area contributed by atoms with Gasteiger partial charge in [0, 0.05) is 13.1 Å². The molecule has 0 aromatic heterocycles. The lowest BCUT2D eigenvalue weighted by atomic mass is 10.2. The van der Waals surface area contributed by atoms with Crippen molar-refractivity contribution < 1.29 is 14.6 Å². The monoisotopic (exact) mass is 465 g/mol. The van der Waals surface area contributed by atoms with E-state index < -0.39 is 0 Å². The van der Waals surface area contributed by atoms with Crippen LogP contribution in [0, 0.1) is 0 Å². The summed E-state index contributed by atoms with van der Waals surface area (Å²) in [6.45, 7) is 6.79. The Labute approximate surface area is 168 Å². The zero-order valence-electron chi connectivity index (χ0n) is 15.5. The van der Waals surface area contributed by atoms with Gasteiger partial charge in [-0.2, -0.15) is 0 Å². The number of nitrogens with zero attached hydrogens (tertiary/aromatic N) is 1. The van der Waals surface area contributed by atoms with Crippen molar-refractivity contribution in [2.45, 2.75) is 39.7 Å². The highest BCUT2D eigenvalue weighted by atomic mass is 127. The van der Waals surface area contributed by atoms with Gasteiger partial charge in [-0.3, -0.25) is 0 Å². The van der Waals surface area contributed by atoms with E-state index in [2.05, 4.69) is 29.5 Å². The van der Waals surface area contributed by atoms with Crippen LogP contribution >= 0.6 is 24.0 Å². The van der Waals surface area contributed by atoms with Crippen LogP contribution in [-0.2, 0) is 6.54 Å². The zero-order chi connectivity index (χ0) is 17.6. The molecule has 3 N–H and O–H groups in total. The highest BCUT2D eigenvalue weighted by Gasteiger charge is 2.06. The molecule has 0 unspecified atom stereocenters. The molecule has 0 saturated carbocycles. The SMILES string of the molecule is CCCCCNC(=NCc1ccc(OCCO)c(OC)c1)NCC.I. The maximum atomic E-state index is 8.85. The molecule has 0 fully saturated rings. The summed E-state index contributed by atoms with van der Waals surface area (Å²) in [6.07, 6.45) is 3.57. The van der Waals surface area contributed by atoms with E-state index >= 15 is 0 Å². The van der Waals surface area contributed by atoms with Crippen molar-refractivity contribution in [1.82, 2.24) is 10.6 Å². The molecule has 1 aromatic rings. The normalized spacial score (nSPS) is 10.8. The summed E-state index contributed by atoms with van der Waals surface area (Å²) in [4.78, 5) is 4.61. The Balaban J connectivity index is 0.00000576. The van der Waals surface area contributed by atoms with Gasteiger partial charge >= 0.3 is 0 Å². The van der Waals surface area contributed by atoms with E-state index in [-0.39, 0.29) is 37.2 Å².